The number of hydrogen-bond acceptors (Lipinski definition) is 6. The van der Waals surface area contributed by atoms with Crippen molar-refractivity contribution in [2.45, 2.75) is 59.8 Å². The van der Waals surface area contributed by atoms with Gasteiger partial charge in [0.2, 0.25) is 0 Å². The molecule has 0 bridgehead atoms. The molecule has 2 N–H and O–H groups in total. The summed E-state index contributed by atoms with van der Waals surface area (Å²) in [6, 6.07) is 22.1. The molecule has 0 spiro atoms. The first-order valence-corrected chi connectivity index (χ1v) is 14.7. The number of nitrogens with one attached hydrogen (secondary N) is 1. The molecule has 5 aromatic rings. The van der Waals surface area contributed by atoms with Crippen LogP contribution in [0, 0.1) is 20.8 Å². The van der Waals surface area contributed by atoms with Crippen molar-refractivity contribution in [3.63, 3.8) is 0 Å². The molecule has 0 radical (unpaired) electrons. The standard InChI is InChI=1S/C37H40N2O5/c1-21-13-15-24(16-14-21)30-22(2)31-27-11-9-10-12-28(27)35(38-20-25-17-18-26(42-7)19-29(25)43-8)39-33(31)23(3)32(30)34(36(40)41)44-37(4,5)6/h9-19,34H,20H2,1-8H3,(H,38,39)(H,40,41)/t34-/m0/s1. The van der Waals surface area contributed by atoms with Crippen molar-refractivity contribution < 1.29 is 24.1 Å². The molecule has 0 unspecified atom stereocenters. The SMILES string of the molecule is COc1ccc(CNc2nc3c(C)c([C@H](OC(C)(C)C)C(=O)O)c(-c4ccc(C)cc4)c(C)c3c3ccccc23)c(OC)c1. The molecule has 1 heterocycles. The number of hydrogen-bond donors (Lipinski definition) is 2. The second kappa shape index (κ2) is 12.2. The summed E-state index contributed by atoms with van der Waals surface area (Å²) in [6.07, 6.45) is -1.19. The van der Waals surface area contributed by atoms with E-state index < -0.39 is 17.7 Å². The lowest BCUT2D eigenvalue weighted by Gasteiger charge is -2.29. The number of carboxylic acid groups (broad SMARTS) is 1. The van der Waals surface area contributed by atoms with Gasteiger partial charge in [-0.1, -0.05) is 54.1 Å². The van der Waals surface area contributed by atoms with E-state index in [1.807, 2.05) is 65.0 Å². The Morgan fingerprint density at radius 1 is 0.909 bits per heavy atom. The van der Waals surface area contributed by atoms with E-state index in [1.54, 1.807) is 14.2 Å². The molecule has 7 heteroatoms. The largest absolute Gasteiger partial charge is 0.497 e. The Balaban J connectivity index is 1.79. The van der Waals surface area contributed by atoms with E-state index in [9.17, 15) is 9.90 Å². The average molecular weight is 593 g/mol. The van der Waals surface area contributed by atoms with Gasteiger partial charge >= 0.3 is 5.97 Å². The molecule has 4 aromatic carbocycles. The number of aliphatic carboxylic acids is 1. The molecule has 1 atom stereocenters. The van der Waals surface area contributed by atoms with E-state index in [-0.39, 0.29) is 0 Å². The van der Waals surface area contributed by atoms with Crippen LogP contribution < -0.4 is 14.8 Å². The van der Waals surface area contributed by atoms with Crippen LogP contribution in [0.1, 0.15) is 54.7 Å². The van der Waals surface area contributed by atoms with Crippen LogP contribution in [-0.4, -0.2) is 35.9 Å². The molecule has 0 aliphatic rings. The van der Waals surface area contributed by atoms with Crippen molar-refractivity contribution in [1.82, 2.24) is 4.98 Å². The zero-order valence-electron chi connectivity index (χ0n) is 26.7. The number of carbonyl (C=O) groups is 1. The Morgan fingerprint density at radius 3 is 2.20 bits per heavy atom. The topological polar surface area (TPSA) is 89.9 Å². The van der Waals surface area contributed by atoms with Gasteiger partial charge in [0.1, 0.15) is 17.3 Å². The third-order valence-corrected chi connectivity index (χ3v) is 7.93. The lowest BCUT2D eigenvalue weighted by molar-refractivity contribution is -0.160. The molecular weight excluding hydrogens is 552 g/mol. The fourth-order valence-electron chi connectivity index (χ4n) is 5.87. The molecular formula is C37H40N2O5. The Bertz CT molecular complexity index is 1860. The third kappa shape index (κ3) is 5.92. The zero-order chi connectivity index (χ0) is 31.8. The maximum Gasteiger partial charge on any atom is 0.337 e. The minimum atomic E-state index is -1.19. The fraction of sp³-hybridized carbons (Fsp3) is 0.297. The van der Waals surface area contributed by atoms with E-state index in [4.69, 9.17) is 19.2 Å². The van der Waals surface area contributed by atoms with Gasteiger partial charge in [0.25, 0.3) is 0 Å². The van der Waals surface area contributed by atoms with E-state index >= 15 is 0 Å². The van der Waals surface area contributed by atoms with Crippen LogP contribution in [0.25, 0.3) is 32.8 Å². The Kier molecular flexibility index (Phi) is 8.53. The van der Waals surface area contributed by atoms with Gasteiger partial charge in [0.05, 0.1) is 25.3 Å². The van der Waals surface area contributed by atoms with Crippen molar-refractivity contribution in [1.29, 1.82) is 0 Å². The van der Waals surface area contributed by atoms with Crippen LogP contribution in [0.15, 0.2) is 66.7 Å². The Morgan fingerprint density at radius 2 is 1.59 bits per heavy atom. The zero-order valence-corrected chi connectivity index (χ0v) is 26.7. The van der Waals surface area contributed by atoms with Crippen LogP contribution in [0.5, 0.6) is 11.5 Å². The summed E-state index contributed by atoms with van der Waals surface area (Å²) in [5, 5.41) is 17.1. The van der Waals surface area contributed by atoms with Crippen LogP contribution in [0.4, 0.5) is 5.82 Å². The van der Waals surface area contributed by atoms with Gasteiger partial charge in [-0.05, 0) is 81.3 Å². The number of aryl methyl sites for hydroxylation is 3. The molecule has 7 nitrogen and oxygen atoms in total. The maximum absolute atomic E-state index is 12.9. The molecule has 0 fully saturated rings. The molecule has 5 rings (SSSR count). The number of anilines is 1. The van der Waals surface area contributed by atoms with Gasteiger partial charge < -0.3 is 24.6 Å². The summed E-state index contributed by atoms with van der Waals surface area (Å²) in [6.45, 7) is 12.1. The van der Waals surface area contributed by atoms with Gasteiger partial charge in [-0.3, -0.25) is 0 Å². The molecule has 44 heavy (non-hydrogen) atoms. The average Bonchev–Trinajstić information content (AvgIpc) is 3.00. The molecule has 0 saturated carbocycles. The second-order valence-corrected chi connectivity index (χ2v) is 12.1. The van der Waals surface area contributed by atoms with Gasteiger partial charge in [0, 0.05) is 34.5 Å². The number of rotatable bonds is 9. The quantitative estimate of drug-likeness (QED) is 0.166. The molecule has 1 aromatic heterocycles. The number of benzene rings is 4. The molecule has 0 aliphatic carbocycles. The van der Waals surface area contributed by atoms with E-state index in [0.29, 0.717) is 29.4 Å². The Hall–Kier alpha value is -4.62. The van der Waals surface area contributed by atoms with Crippen LogP contribution in [0.2, 0.25) is 0 Å². The number of pyridine rings is 1. The van der Waals surface area contributed by atoms with Crippen LogP contribution in [0.3, 0.4) is 0 Å². The predicted molar refractivity (Wildman–Crippen MR) is 177 cm³/mol. The predicted octanol–water partition coefficient (Wildman–Crippen LogP) is 8.55. The number of fused-ring (bicyclic) bond motifs is 3. The van der Waals surface area contributed by atoms with Gasteiger partial charge in [0.15, 0.2) is 6.10 Å². The maximum atomic E-state index is 12.9. The summed E-state index contributed by atoms with van der Waals surface area (Å²) < 4.78 is 17.2. The first kappa shape index (κ1) is 30.8. The Labute approximate surface area is 258 Å². The highest BCUT2D eigenvalue weighted by Crippen LogP contribution is 2.44. The number of nitrogens with zero attached hydrogens (tertiary/aromatic N) is 1. The van der Waals surface area contributed by atoms with Crippen LogP contribution >= 0.6 is 0 Å². The lowest BCUT2D eigenvalue weighted by atomic mass is 9.84. The fourth-order valence-corrected chi connectivity index (χ4v) is 5.87. The molecule has 0 saturated heterocycles. The van der Waals surface area contributed by atoms with Gasteiger partial charge in [-0.2, -0.15) is 0 Å². The molecule has 0 aliphatic heterocycles. The van der Waals surface area contributed by atoms with Crippen molar-refractivity contribution in [2.75, 3.05) is 19.5 Å². The summed E-state index contributed by atoms with van der Waals surface area (Å²) in [7, 11) is 3.27. The van der Waals surface area contributed by atoms with E-state index in [2.05, 4.69) is 48.6 Å². The molecule has 228 valence electrons. The number of carboxylic acids is 1. The summed E-state index contributed by atoms with van der Waals surface area (Å²) in [4.78, 5) is 18.1. The third-order valence-electron chi connectivity index (χ3n) is 7.93. The highest BCUT2D eigenvalue weighted by molar-refractivity contribution is 6.14. The van der Waals surface area contributed by atoms with Crippen molar-refractivity contribution in [3.8, 4) is 22.6 Å². The number of ether oxygens (including phenoxy) is 3. The molecule has 0 amide bonds. The minimum Gasteiger partial charge on any atom is -0.497 e. The smallest absolute Gasteiger partial charge is 0.337 e. The highest BCUT2D eigenvalue weighted by Gasteiger charge is 2.33. The number of aromatic nitrogens is 1. The van der Waals surface area contributed by atoms with Crippen molar-refractivity contribution in [3.05, 3.63) is 94.5 Å². The first-order chi connectivity index (χ1) is 20.9. The van der Waals surface area contributed by atoms with Gasteiger partial charge in [-0.15, -0.1) is 0 Å². The van der Waals surface area contributed by atoms with E-state index in [1.165, 1.54) is 0 Å². The summed E-state index contributed by atoms with van der Waals surface area (Å²) in [5.74, 6) is 1.09. The second-order valence-electron chi connectivity index (χ2n) is 12.1. The normalized spacial score (nSPS) is 12.4. The van der Waals surface area contributed by atoms with Crippen molar-refractivity contribution in [2.24, 2.45) is 0 Å². The first-order valence-electron chi connectivity index (χ1n) is 14.7. The highest BCUT2D eigenvalue weighted by atomic mass is 16.5. The summed E-state index contributed by atoms with van der Waals surface area (Å²) >= 11 is 0. The lowest BCUT2D eigenvalue weighted by Crippen LogP contribution is -2.28. The van der Waals surface area contributed by atoms with Gasteiger partial charge in [-0.25, -0.2) is 9.78 Å². The number of methoxy groups -OCH3 is 2. The van der Waals surface area contributed by atoms with Crippen molar-refractivity contribution >= 4 is 33.5 Å². The monoisotopic (exact) mass is 592 g/mol. The summed E-state index contributed by atoms with van der Waals surface area (Å²) in [5.41, 5.74) is 6.27. The van der Waals surface area contributed by atoms with Crippen LogP contribution in [-0.2, 0) is 16.1 Å². The minimum absolute atomic E-state index is 0.465. The van der Waals surface area contributed by atoms with E-state index in [0.717, 1.165) is 55.1 Å².